The number of anilines is 1. The number of fused-ring (bicyclic) bond motifs is 1. The van der Waals surface area contributed by atoms with Gasteiger partial charge in [0.05, 0.1) is 5.69 Å². The predicted octanol–water partition coefficient (Wildman–Crippen LogP) is 0.840. The van der Waals surface area contributed by atoms with Crippen LogP contribution in [0.4, 0.5) is 5.82 Å². The molecule has 1 aliphatic rings. The smallest absolute Gasteiger partial charge is 0.234 e. The van der Waals surface area contributed by atoms with Crippen LogP contribution >= 0.6 is 0 Å². The van der Waals surface area contributed by atoms with Crippen molar-refractivity contribution in [1.29, 1.82) is 5.26 Å². The van der Waals surface area contributed by atoms with E-state index in [9.17, 15) is 0 Å². The van der Waals surface area contributed by atoms with Crippen LogP contribution in [0.2, 0.25) is 0 Å². The first-order valence-corrected chi connectivity index (χ1v) is 6.05. The van der Waals surface area contributed by atoms with E-state index in [0.29, 0.717) is 0 Å². The maximum absolute atomic E-state index is 8.98. The summed E-state index contributed by atoms with van der Waals surface area (Å²) in [6, 6.07) is 2.05. The van der Waals surface area contributed by atoms with Crippen molar-refractivity contribution in [3.8, 4) is 6.07 Å². The van der Waals surface area contributed by atoms with E-state index >= 15 is 0 Å². The number of nitrogens with one attached hydrogen (secondary N) is 1. The predicted molar refractivity (Wildman–Crippen MR) is 65.7 cm³/mol. The van der Waals surface area contributed by atoms with Gasteiger partial charge in [0.2, 0.25) is 5.82 Å². The SMILES string of the molecule is CCN(CC)c1nc(C#N)nc2c1CNCC2. The summed E-state index contributed by atoms with van der Waals surface area (Å²) in [7, 11) is 0. The van der Waals surface area contributed by atoms with Gasteiger partial charge in [0.25, 0.3) is 0 Å². The van der Waals surface area contributed by atoms with Gasteiger partial charge >= 0.3 is 0 Å². The second-order valence-corrected chi connectivity index (χ2v) is 4.01. The van der Waals surface area contributed by atoms with E-state index in [2.05, 4.69) is 40.1 Å². The number of aromatic nitrogens is 2. The molecule has 1 N–H and O–H groups in total. The molecule has 17 heavy (non-hydrogen) atoms. The normalized spacial score (nSPS) is 13.9. The van der Waals surface area contributed by atoms with E-state index in [-0.39, 0.29) is 5.82 Å². The molecule has 0 saturated carbocycles. The highest BCUT2D eigenvalue weighted by Gasteiger charge is 2.20. The molecule has 5 nitrogen and oxygen atoms in total. The summed E-state index contributed by atoms with van der Waals surface area (Å²) >= 11 is 0. The lowest BCUT2D eigenvalue weighted by Crippen LogP contribution is -2.31. The van der Waals surface area contributed by atoms with Gasteiger partial charge in [0, 0.05) is 38.2 Å². The maximum Gasteiger partial charge on any atom is 0.234 e. The number of hydrogen-bond donors (Lipinski definition) is 1. The minimum atomic E-state index is 0.285. The van der Waals surface area contributed by atoms with Crippen molar-refractivity contribution < 1.29 is 0 Å². The highest BCUT2D eigenvalue weighted by atomic mass is 15.2. The van der Waals surface area contributed by atoms with Crippen LogP contribution in [0.3, 0.4) is 0 Å². The molecule has 0 saturated heterocycles. The molecule has 0 radical (unpaired) electrons. The molecule has 0 unspecified atom stereocenters. The van der Waals surface area contributed by atoms with Gasteiger partial charge in [-0.25, -0.2) is 9.97 Å². The first-order valence-electron chi connectivity index (χ1n) is 6.05. The van der Waals surface area contributed by atoms with Crippen LogP contribution in [-0.2, 0) is 13.0 Å². The lowest BCUT2D eigenvalue weighted by Gasteiger charge is -2.26. The van der Waals surface area contributed by atoms with Gasteiger partial charge in [-0.1, -0.05) is 0 Å². The van der Waals surface area contributed by atoms with Crippen LogP contribution in [0, 0.1) is 11.3 Å². The van der Waals surface area contributed by atoms with E-state index in [1.807, 2.05) is 0 Å². The number of hydrogen-bond acceptors (Lipinski definition) is 5. The molecule has 2 heterocycles. The van der Waals surface area contributed by atoms with E-state index in [1.54, 1.807) is 0 Å². The Hall–Kier alpha value is -1.67. The number of nitriles is 1. The fraction of sp³-hybridized carbons (Fsp3) is 0.583. The molecule has 0 fully saturated rings. The first-order chi connectivity index (χ1) is 8.30. The average Bonchev–Trinajstić information content (AvgIpc) is 2.39. The summed E-state index contributed by atoms with van der Waals surface area (Å²) in [5.41, 5.74) is 2.18. The van der Waals surface area contributed by atoms with E-state index in [0.717, 1.165) is 49.7 Å². The van der Waals surface area contributed by atoms with Crippen molar-refractivity contribution >= 4 is 5.82 Å². The maximum atomic E-state index is 8.98. The fourth-order valence-corrected chi connectivity index (χ4v) is 2.16. The van der Waals surface area contributed by atoms with Gasteiger partial charge in [-0.2, -0.15) is 5.26 Å². The van der Waals surface area contributed by atoms with Crippen molar-refractivity contribution in [2.45, 2.75) is 26.8 Å². The molecule has 90 valence electrons. The zero-order valence-electron chi connectivity index (χ0n) is 10.3. The molecule has 0 bridgehead atoms. The van der Waals surface area contributed by atoms with Crippen molar-refractivity contribution in [2.75, 3.05) is 24.5 Å². The molecule has 1 aliphatic heterocycles. The van der Waals surface area contributed by atoms with Gasteiger partial charge in [-0.3, -0.25) is 0 Å². The summed E-state index contributed by atoms with van der Waals surface area (Å²) < 4.78 is 0. The number of rotatable bonds is 3. The van der Waals surface area contributed by atoms with E-state index in [4.69, 9.17) is 5.26 Å². The molecule has 0 amide bonds. The minimum Gasteiger partial charge on any atom is -0.357 e. The fourth-order valence-electron chi connectivity index (χ4n) is 2.16. The zero-order valence-corrected chi connectivity index (χ0v) is 10.3. The lowest BCUT2D eigenvalue weighted by molar-refractivity contribution is 0.620. The molecule has 0 atom stereocenters. The van der Waals surface area contributed by atoms with Crippen molar-refractivity contribution in [3.63, 3.8) is 0 Å². The Morgan fingerprint density at radius 2 is 2.12 bits per heavy atom. The molecule has 5 heteroatoms. The molecule has 1 aromatic heterocycles. The average molecular weight is 231 g/mol. The Bertz CT molecular complexity index is 445. The third-order valence-corrected chi connectivity index (χ3v) is 3.07. The van der Waals surface area contributed by atoms with Crippen molar-refractivity contribution in [1.82, 2.24) is 15.3 Å². The molecule has 0 aromatic carbocycles. The Balaban J connectivity index is 2.52. The second-order valence-electron chi connectivity index (χ2n) is 4.01. The monoisotopic (exact) mass is 231 g/mol. The second kappa shape index (κ2) is 5.11. The lowest BCUT2D eigenvalue weighted by atomic mass is 10.1. The summed E-state index contributed by atoms with van der Waals surface area (Å²) in [5, 5.41) is 12.3. The molecular formula is C12H17N5. The minimum absolute atomic E-state index is 0.285. The van der Waals surface area contributed by atoms with Crippen LogP contribution < -0.4 is 10.2 Å². The molecule has 2 rings (SSSR count). The third kappa shape index (κ3) is 2.22. The molecule has 0 aliphatic carbocycles. The van der Waals surface area contributed by atoms with Crippen LogP contribution in [0.25, 0.3) is 0 Å². The topological polar surface area (TPSA) is 64.8 Å². The largest absolute Gasteiger partial charge is 0.357 e. The molecular weight excluding hydrogens is 214 g/mol. The van der Waals surface area contributed by atoms with Crippen LogP contribution in [0.5, 0.6) is 0 Å². The van der Waals surface area contributed by atoms with Crippen molar-refractivity contribution in [3.05, 3.63) is 17.1 Å². The van der Waals surface area contributed by atoms with Gasteiger partial charge < -0.3 is 10.2 Å². The summed E-state index contributed by atoms with van der Waals surface area (Å²) in [6.07, 6.45) is 0.876. The van der Waals surface area contributed by atoms with Crippen molar-refractivity contribution in [2.24, 2.45) is 0 Å². The first kappa shape index (κ1) is 11.8. The Morgan fingerprint density at radius 3 is 2.76 bits per heavy atom. The quantitative estimate of drug-likeness (QED) is 0.835. The molecule has 0 spiro atoms. The third-order valence-electron chi connectivity index (χ3n) is 3.07. The van der Waals surface area contributed by atoms with E-state index in [1.165, 1.54) is 0 Å². The Kier molecular flexibility index (Phi) is 3.55. The van der Waals surface area contributed by atoms with Gasteiger partial charge in [-0.15, -0.1) is 0 Å². The summed E-state index contributed by atoms with van der Waals surface area (Å²) in [5.74, 6) is 1.20. The van der Waals surface area contributed by atoms with Gasteiger partial charge in [0.1, 0.15) is 11.9 Å². The number of nitrogens with zero attached hydrogens (tertiary/aromatic N) is 4. The van der Waals surface area contributed by atoms with Gasteiger partial charge in [0.15, 0.2) is 0 Å². The van der Waals surface area contributed by atoms with Crippen LogP contribution in [0.1, 0.15) is 30.9 Å². The van der Waals surface area contributed by atoms with Crippen LogP contribution in [-0.4, -0.2) is 29.6 Å². The van der Waals surface area contributed by atoms with E-state index < -0.39 is 0 Å². The highest BCUT2D eigenvalue weighted by molar-refractivity contribution is 5.51. The Labute approximate surface area is 101 Å². The zero-order chi connectivity index (χ0) is 12.3. The standard InChI is InChI=1S/C12H17N5/c1-3-17(4-2)12-9-8-14-6-5-10(9)15-11(7-13)16-12/h14H,3-6,8H2,1-2H3. The van der Waals surface area contributed by atoms with Gasteiger partial charge in [-0.05, 0) is 13.8 Å². The summed E-state index contributed by atoms with van der Waals surface area (Å²) in [6.45, 7) is 7.70. The Morgan fingerprint density at radius 1 is 1.35 bits per heavy atom. The highest BCUT2D eigenvalue weighted by Crippen LogP contribution is 2.23. The summed E-state index contributed by atoms with van der Waals surface area (Å²) in [4.78, 5) is 10.8. The molecule has 1 aromatic rings. The van der Waals surface area contributed by atoms with Crippen LogP contribution in [0.15, 0.2) is 0 Å².